The van der Waals surface area contributed by atoms with Crippen molar-refractivity contribution in [1.29, 1.82) is 0 Å². The lowest BCUT2D eigenvalue weighted by molar-refractivity contribution is 1.06. The van der Waals surface area contributed by atoms with Crippen molar-refractivity contribution in [2.45, 2.75) is 16.3 Å². The van der Waals surface area contributed by atoms with Crippen LogP contribution in [0.3, 0.4) is 0 Å². The van der Waals surface area contributed by atoms with Gasteiger partial charge in [-0.1, -0.05) is 30.3 Å². The lowest BCUT2D eigenvalue weighted by Crippen LogP contribution is -1.95. The predicted molar refractivity (Wildman–Crippen MR) is 82.2 cm³/mol. The number of nitrogens with two attached hydrogens (primary N) is 1. The lowest BCUT2D eigenvalue weighted by atomic mass is 10.2. The highest BCUT2D eigenvalue weighted by atomic mass is 32.2. The van der Waals surface area contributed by atoms with Crippen LogP contribution in [-0.4, -0.2) is 11.5 Å². The van der Waals surface area contributed by atoms with Gasteiger partial charge in [0.1, 0.15) is 0 Å². The maximum atomic E-state index is 5.64. The van der Waals surface area contributed by atoms with Crippen LogP contribution in [0.15, 0.2) is 64.4 Å². The topological polar surface area (TPSA) is 26.0 Å². The van der Waals surface area contributed by atoms with Gasteiger partial charge in [-0.15, -0.1) is 23.5 Å². The van der Waals surface area contributed by atoms with Crippen LogP contribution in [0.5, 0.6) is 0 Å². The normalized spacial score (nSPS) is 10.5. The van der Waals surface area contributed by atoms with Gasteiger partial charge in [-0.25, -0.2) is 0 Å². The van der Waals surface area contributed by atoms with Crippen molar-refractivity contribution in [2.75, 3.05) is 11.5 Å². The fourth-order valence-electron chi connectivity index (χ4n) is 1.60. The zero-order chi connectivity index (χ0) is 12.6. The van der Waals surface area contributed by atoms with Gasteiger partial charge in [-0.2, -0.15) is 0 Å². The van der Waals surface area contributed by atoms with Gasteiger partial charge in [-0.05, 0) is 29.8 Å². The standard InChI is InChI=1S/C15H17NS2/c16-12-13-5-4-8-15(11-13)18-10-9-17-14-6-2-1-3-7-14/h1-8,11H,9-10,12,16H2. The Kier molecular flexibility index (Phi) is 5.65. The molecule has 0 atom stereocenters. The summed E-state index contributed by atoms with van der Waals surface area (Å²) in [5.74, 6) is 2.25. The fraction of sp³-hybridized carbons (Fsp3) is 0.200. The summed E-state index contributed by atoms with van der Waals surface area (Å²) in [6.07, 6.45) is 0. The molecule has 0 radical (unpaired) electrons. The Labute approximate surface area is 117 Å². The first-order valence-corrected chi connectivity index (χ1v) is 7.95. The molecule has 18 heavy (non-hydrogen) atoms. The van der Waals surface area contributed by atoms with Crippen molar-refractivity contribution in [1.82, 2.24) is 0 Å². The van der Waals surface area contributed by atoms with Crippen LogP contribution in [0.25, 0.3) is 0 Å². The molecule has 0 aliphatic heterocycles. The van der Waals surface area contributed by atoms with Crippen molar-refractivity contribution >= 4 is 23.5 Å². The molecule has 2 N–H and O–H groups in total. The molecule has 0 unspecified atom stereocenters. The molecule has 0 aliphatic carbocycles. The zero-order valence-corrected chi connectivity index (χ0v) is 11.8. The third kappa shape index (κ3) is 4.41. The minimum Gasteiger partial charge on any atom is -0.326 e. The van der Waals surface area contributed by atoms with Crippen molar-refractivity contribution in [3.05, 3.63) is 60.2 Å². The van der Waals surface area contributed by atoms with E-state index < -0.39 is 0 Å². The molecule has 0 spiro atoms. The minimum absolute atomic E-state index is 0.618. The highest BCUT2D eigenvalue weighted by molar-refractivity contribution is 8.03. The van der Waals surface area contributed by atoms with E-state index in [1.807, 2.05) is 23.5 Å². The molecule has 3 heteroatoms. The maximum absolute atomic E-state index is 5.64. The van der Waals surface area contributed by atoms with Gasteiger partial charge in [-0.3, -0.25) is 0 Å². The molecule has 0 aliphatic rings. The van der Waals surface area contributed by atoms with Crippen molar-refractivity contribution in [2.24, 2.45) is 5.73 Å². The number of rotatable bonds is 6. The second-order valence-corrected chi connectivity index (χ2v) is 6.20. The summed E-state index contributed by atoms with van der Waals surface area (Å²) >= 11 is 3.80. The molecular formula is C15H17NS2. The average Bonchev–Trinajstić information content (AvgIpc) is 2.45. The van der Waals surface area contributed by atoms with Crippen molar-refractivity contribution < 1.29 is 0 Å². The van der Waals surface area contributed by atoms with Gasteiger partial charge in [0.05, 0.1) is 0 Å². The van der Waals surface area contributed by atoms with Crippen LogP contribution in [0, 0.1) is 0 Å². The van der Waals surface area contributed by atoms with Crippen LogP contribution >= 0.6 is 23.5 Å². The number of hydrogen-bond donors (Lipinski definition) is 1. The highest BCUT2D eigenvalue weighted by Crippen LogP contribution is 2.23. The molecule has 0 aromatic heterocycles. The van der Waals surface area contributed by atoms with Gasteiger partial charge in [0, 0.05) is 27.8 Å². The molecule has 2 aromatic carbocycles. The smallest absolute Gasteiger partial charge is 0.0178 e. The predicted octanol–water partition coefficient (Wildman–Crippen LogP) is 4.03. The highest BCUT2D eigenvalue weighted by Gasteiger charge is 1.97. The first-order valence-electron chi connectivity index (χ1n) is 5.98. The molecular weight excluding hydrogens is 258 g/mol. The van der Waals surface area contributed by atoms with Crippen LogP contribution in [0.2, 0.25) is 0 Å². The molecule has 0 fully saturated rings. The molecule has 0 bridgehead atoms. The van der Waals surface area contributed by atoms with E-state index in [1.54, 1.807) is 0 Å². The molecule has 0 saturated carbocycles. The maximum Gasteiger partial charge on any atom is 0.0178 e. The van der Waals surface area contributed by atoms with Crippen molar-refractivity contribution in [3.63, 3.8) is 0 Å². The molecule has 1 nitrogen and oxygen atoms in total. The van der Waals surface area contributed by atoms with Gasteiger partial charge in [0.2, 0.25) is 0 Å². The first-order chi connectivity index (χ1) is 8.88. The fourth-order valence-corrected chi connectivity index (χ4v) is 3.50. The quantitative estimate of drug-likeness (QED) is 0.637. The second-order valence-electron chi connectivity index (χ2n) is 3.86. The Bertz CT molecular complexity index is 471. The van der Waals surface area contributed by atoms with Gasteiger partial charge in [0.15, 0.2) is 0 Å². The van der Waals surface area contributed by atoms with Gasteiger partial charge < -0.3 is 5.73 Å². The Morgan fingerprint density at radius 3 is 2.17 bits per heavy atom. The molecule has 2 aromatic rings. The molecule has 0 amide bonds. The van der Waals surface area contributed by atoms with E-state index in [-0.39, 0.29) is 0 Å². The number of hydrogen-bond acceptors (Lipinski definition) is 3. The Hall–Kier alpha value is -0.900. The molecule has 0 saturated heterocycles. The largest absolute Gasteiger partial charge is 0.326 e. The summed E-state index contributed by atoms with van der Waals surface area (Å²) in [5, 5.41) is 0. The Morgan fingerprint density at radius 2 is 1.44 bits per heavy atom. The summed E-state index contributed by atoms with van der Waals surface area (Å²) in [6.45, 7) is 0.618. The molecule has 0 heterocycles. The molecule has 94 valence electrons. The minimum atomic E-state index is 0.618. The van der Waals surface area contributed by atoms with E-state index in [4.69, 9.17) is 5.73 Å². The van der Waals surface area contributed by atoms with E-state index in [9.17, 15) is 0 Å². The first kappa shape index (κ1) is 13.5. The number of benzene rings is 2. The van der Waals surface area contributed by atoms with E-state index in [0.717, 1.165) is 11.5 Å². The van der Waals surface area contributed by atoms with Crippen LogP contribution in [0.1, 0.15) is 5.56 Å². The average molecular weight is 275 g/mol. The Morgan fingerprint density at radius 1 is 0.778 bits per heavy atom. The third-order valence-corrected chi connectivity index (χ3v) is 4.77. The van der Waals surface area contributed by atoms with E-state index in [0.29, 0.717) is 6.54 Å². The SMILES string of the molecule is NCc1cccc(SCCSc2ccccc2)c1. The van der Waals surface area contributed by atoms with Crippen LogP contribution in [0.4, 0.5) is 0 Å². The third-order valence-electron chi connectivity index (χ3n) is 2.50. The zero-order valence-electron chi connectivity index (χ0n) is 10.2. The molecule has 2 rings (SSSR count). The second kappa shape index (κ2) is 7.52. The number of thioether (sulfide) groups is 2. The van der Waals surface area contributed by atoms with E-state index in [1.165, 1.54) is 15.4 Å². The van der Waals surface area contributed by atoms with E-state index in [2.05, 4.69) is 54.6 Å². The summed E-state index contributed by atoms with van der Waals surface area (Å²) in [7, 11) is 0. The lowest BCUT2D eigenvalue weighted by Gasteiger charge is -2.04. The summed E-state index contributed by atoms with van der Waals surface area (Å²) in [6, 6.07) is 19.0. The summed E-state index contributed by atoms with van der Waals surface area (Å²) in [5.41, 5.74) is 6.84. The van der Waals surface area contributed by atoms with Crippen LogP contribution in [-0.2, 0) is 6.54 Å². The van der Waals surface area contributed by atoms with Crippen molar-refractivity contribution in [3.8, 4) is 0 Å². The monoisotopic (exact) mass is 275 g/mol. The van der Waals surface area contributed by atoms with Gasteiger partial charge in [0.25, 0.3) is 0 Å². The van der Waals surface area contributed by atoms with E-state index >= 15 is 0 Å². The summed E-state index contributed by atoms with van der Waals surface area (Å²) < 4.78 is 0. The van der Waals surface area contributed by atoms with Crippen LogP contribution < -0.4 is 5.73 Å². The Balaban J connectivity index is 1.75. The van der Waals surface area contributed by atoms with Gasteiger partial charge >= 0.3 is 0 Å². The summed E-state index contributed by atoms with van der Waals surface area (Å²) in [4.78, 5) is 2.65.